The van der Waals surface area contributed by atoms with Crippen molar-refractivity contribution in [3.05, 3.63) is 75.7 Å². The van der Waals surface area contributed by atoms with E-state index < -0.39 is 23.5 Å². The summed E-state index contributed by atoms with van der Waals surface area (Å²) in [6, 6.07) is 5.25. The molecule has 0 spiro atoms. The minimum Gasteiger partial charge on any atom is -0.310 e. The van der Waals surface area contributed by atoms with Gasteiger partial charge in [-0.2, -0.15) is 23.5 Å². The monoisotopic (exact) mass is 467 g/mol. The summed E-state index contributed by atoms with van der Waals surface area (Å²) in [4.78, 5) is 33.9. The molecule has 4 aromatic rings. The molecular weight excluding hydrogens is 451 g/mol. The fraction of sp³-hybridized carbons (Fsp3) is 0.286. The third-order valence-corrected chi connectivity index (χ3v) is 5.78. The lowest BCUT2D eigenvalue weighted by Crippen LogP contribution is -2.45. The molecule has 5 rings (SSSR count). The summed E-state index contributed by atoms with van der Waals surface area (Å²) in [5, 5.41) is 15.6. The van der Waals surface area contributed by atoms with E-state index in [0.29, 0.717) is 17.9 Å². The standard InChI is InChI=1S/C21H16F3N9O/c22-21(23,24)15-3-2-11(10-28-15)14(33-7-4-13(33)18-26-5-1-6-27-18)8-16-29-19-17(20(34)30-16)12(9-25)31-32-19/h1-3,5-6,10,13-14H,4,7-8H2,(H2,29,30,31,32,34)/t13-,14?/m1/s1. The molecular formula is C21H16F3N9O. The molecule has 0 aliphatic carbocycles. The molecule has 4 aromatic heterocycles. The van der Waals surface area contributed by atoms with Gasteiger partial charge in [0.2, 0.25) is 0 Å². The number of likely N-dealkylation sites (tertiary alicyclic amines) is 1. The van der Waals surface area contributed by atoms with E-state index in [1.54, 1.807) is 18.5 Å². The van der Waals surface area contributed by atoms with E-state index in [1.165, 1.54) is 12.3 Å². The first-order valence-corrected chi connectivity index (χ1v) is 10.3. The summed E-state index contributed by atoms with van der Waals surface area (Å²) in [6.07, 6.45) is 0.823. The molecule has 2 atom stereocenters. The Morgan fingerprint density at radius 2 is 2.03 bits per heavy atom. The fourth-order valence-electron chi connectivity index (χ4n) is 4.08. The van der Waals surface area contributed by atoms with Crippen LogP contribution in [-0.4, -0.2) is 46.6 Å². The zero-order valence-corrected chi connectivity index (χ0v) is 17.4. The number of rotatable bonds is 5. The number of fused-ring (bicyclic) bond motifs is 1. The van der Waals surface area contributed by atoms with Crippen LogP contribution in [0.25, 0.3) is 11.0 Å². The van der Waals surface area contributed by atoms with Crippen LogP contribution in [0.15, 0.2) is 41.6 Å². The first-order valence-electron chi connectivity index (χ1n) is 10.3. The minimum atomic E-state index is -4.55. The van der Waals surface area contributed by atoms with Crippen LogP contribution in [0.4, 0.5) is 13.2 Å². The predicted molar refractivity (Wildman–Crippen MR) is 111 cm³/mol. The van der Waals surface area contributed by atoms with Crippen molar-refractivity contribution in [1.29, 1.82) is 5.26 Å². The average molecular weight is 467 g/mol. The Morgan fingerprint density at radius 3 is 2.65 bits per heavy atom. The van der Waals surface area contributed by atoms with Crippen LogP contribution >= 0.6 is 0 Å². The van der Waals surface area contributed by atoms with E-state index >= 15 is 0 Å². The first kappa shape index (κ1) is 21.7. The Morgan fingerprint density at radius 1 is 1.24 bits per heavy atom. The molecule has 2 N–H and O–H groups in total. The number of hydrogen-bond acceptors (Lipinski definition) is 8. The van der Waals surface area contributed by atoms with Crippen LogP contribution in [-0.2, 0) is 12.6 Å². The molecule has 13 heteroatoms. The second kappa shape index (κ2) is 8.31. The lowest BCUT2D eigenvalue weighted by molar-refractivity contribution is -0.141. The minimum absolute atomic E-state index is 0.00261. The normalized spacial score (nSPS) is 17.3. The van der Waals surface area contributed by atoms with Gasteiger partial charge in [0.1, 0.15) is 28.8 Å². The summed E-state index contributed by atoms with van der Waals surface area (Å²) in [7, 11) is 0. The quantitative estimate of drug-likeness (QED) is 0.456. The summed E-state index contributed by atoms with van der Waals surface area (Å²) in [6.45, 7) is 0.641. The molecule has 0 saturated carbocycles. The smallest absolute Gasteiger partial charge is 0.310 e. The highest BCUT2D eigenvalue weighted by Crippen LogP contribution is 2.40. The second-order valence-electron chi connectivity index (χ2n) is 7.77. The van der Waals surface area contributed by atoms with Gasteiger partial charge in [-0.05, 0) is 24.1 Å². The van der Waals surface area contributed by atoms with Gasteiger partial charge in [0.15, 0.2) is 11.3 Å². The SMILES string of the molecule is N#Cc1[nH]nc2nc(CC(c3ccc(C(F)(F)F)nc3)N3CC[C@@H]3c3ncccn3)[nH]c(=O)c12. The highest BCUT2D eigenvalue weighted by atomic mass is 19.4. The second-order valence-corrected chi connectivity index (χ2v) is 7.77. The van der Waals surface area contributed by atoms with Crippen LogP contribution in [0.5, 0.6) is 0 Å². The Hall–Kier alpha value is -4.18. The van der Waals surface area contributed by atoms with E-state index in [9.17, 15) is 18.0 Å². The third-order valence-electron chi connectivity index (χ3n) is 5.78. The van der Waals surface area contributed by atoms with Crippen LogP contribution in [0.1, 0.15) is 47.1 Å². The molecule has 10 nitrogen and oxygen atoms in total. The molecule has 1 saturated heterocycles. The first-order chi connectivity index (χ1) is 16.3. The van der Waals surface area contributed by atoms with Gasteiger partial charge >= 0.3 is 6.18 Å². The van der Waals surface area contributed by atoms with Crippen molar-refractivity contribution >= 4 is 11.0 Å². The van der Waals surface area contributed by atoms with Crippen LogP contribution in [0, 0.1) is 11.3 Å². The van der Waals surface area contributed by atoms with Crippen molar-refractivity contribution < 1.29 is 13.2 Å². The predicted octanol–water partition coefficient (Wildman–Crippen LogP) is 2.45. The van der Waals surface area contributed by atoms with Gasteiger partial charge in [-0.15, -0.1) is 0 Å². The van der Waals surface area contributed by atoms with Gasteiger partial charge in [0, 0.05) is 37.6 Å². The van der Waals surface area contributed by atoms with Crippen molar-refractivity contribution in [3.63, 3.8) is 0 Å². The maximum Gasteiger partial charge on any atom is 0.433 e. The van der Waals surface area contributed by atoms with Gasteiger partial charge < -0.3 is 4.98 Å². The summed E-state index contributed by atoms with van der Waals surface area (Å²) >= 11 is 0. The molecule has 1 fully saturated rings. The highest BCUT2D eigenvalue weighted by Gasteiger charge is 2.39. The molecule has 34 heavy (non-hydrogen) atoms. The Kier molecular flexibility index (Phi) is 5.29. The summed E-state index contributed by atoms with van der Waals surface area (Å²) < 4.78 is 39.1. The third kappa shape index (κ3) is 3.88. The van der Waals surface area contributed by atoms with Crippen molar-refractivity contribution in [2.75, 3.05) is 6.54 Å². The van der Waals surface area contributed by atoms with Crippen molar-refractivity contribution in [3.8, 4) is 6.07 Å². The fourth-order valence-corrected chi connectivity index (χ4v) is 4.08. The van der Waals surface area contributed by atoms with Crippen LogP contribution < -0.4 is 5.56 Å². The lowest BCUT2D eigenvalue weighted by atomic mass is 9.93. The zero-order valence-electron chi connectivity index (χ0n) is 17.4. The van der Waals surface area contributed by atoms with Gasteiger partial charge in [-0.3, -0.25) is 19.8 Å². The molecule has 0 aromatic carbocycles. The molecule has 0 radical (unpaired) electrons. The largest absolute Gasteiger partial charge is 0.433 e. The molecule has 5 heterocycles. The number of H-pyrrole nitrogens is 2. The topological polar surface area (TPSA) is 140 Å². The van der Waals surface area contributed by atoms with Gasteiger partial charge in [0.05, 0.1) is 6.04 Å². The molecule has 172 valence electrons. The number of aromatic amines is 2. The summed E-state index contributed by atoms with van der Waals surface area (Å²) in [5.74, 6) is 0.875. The number of nitrogens with zero attached hydrogens (tertiary/aromatic N) is 7. The van der Waals surface area contributed by atoms with Gasteiger partial charge in [0.25, 0.3) is 5.56 Å². The maximum atomic E-state index is 13.0. The maximum absolute atomic E-state index is 13.0. The Labute approximate surface area is 189 Å². The zero-order chi connectivity index (χ0) is 23.9. The van der Waals surface area contributed by atoms with E-state index in [0.717, 1.165) is 12.5 Å². The average Bonchev–Trinajstić information content (AvgIpc) is 3.22. The van der Waals surface area contributed by atoms with E-state index in [1.807, 2.05) is 11.0 Å². The summed E-state index contributed by atoms with van der Waals surface area (Å²) in [5.41, 5.74) is -0.902. The number of halogens is 3. The van der Waals surface area contributed by atoms with Crippen LogP contribution in [0.2, 0.25) is 0 Å². The molecule has 0 bridgehead atoms. The molecule has 1 aliphatic rings. The molecule has 1 aliphatic heterocycles. The number of alkyl halides is 3. The van der Waals surface area contributed by atoms with Crippen molar-refractivity contribution in [2.24, 2.45) is 0 Å². The molecule has 0 amide bonds. The highest BCUT2D eigenvalue weighted by molar-refractivity contribution is 5.79. The van der Waals surface area contributed by atoms with Gasteiger partial charge in [-0.1, -0.05) is 6.07 Å². The van der Waals surface area contributed by atoms with E-state index in [-0.39, 0.29) is 35.0 Å². The number of pyridine rings is 1. The Balaban J connectivity index is 1.53. The van der Waals surface area contributed by atoms with Gasteiger partial charge in [-0.25, -0.2) is 15.0 Å². The van der Waals surface area contributed by atoms with Crippen molar-refractivity contribution in [1.82, 2.24) is 40.0 Å². The Bertz CT molecular complexity index is 1420. The number of aromatic nitrogens is 7. The number of hydrogen-bond donors (Lipinski definition) is 2. The molecule has 1 unspecified atom stereocenters. The van der Waals surface area contributed by atoms with E-state index in [2.05, 4.69) is 35.1 Å². The number of nitrogens with one attached hydrogen (secondary N) is 2. The van der Waals surface area contributed by atoms with Crippen molar-refractivity contribution in [2.45, 2.75) is 31.1 Å². The number of nitriles is 1. The van der Waals surface area contributed by atoms with E-state index in [4.69, 9.17) is 5.26 Å². The van der Waals surface area contributed by atoms with Crippen LogP contribution in [0.3, 0.4) is 0 Å². The lowest BCUT2D eigenvalue weighted by Gasteiger charge is -2.45.